The van der Waals surface area contributed by atoms with Crippen LogP contribution >= 0.6 is 11.6 Å². The Bertz CT molecular complexity index is 1000. The third-order valence-electron chi connectivity index (χ3n) is 4.78. The smallest absolute Gasteiger partial charge is 0.276 e. The van der Waals surface area contributed by atoms with E-state index >= 15 is 0 Å². The minimum atomic E-state index is -0.586. The molecule has 1 amide bonds. The number of carbonyl (C=O) groups excluding carboxylic acids is 1. The number of nitrogens with one attached hydrogen (secondary N) is 1. The van der Waals surface area contributed by atoms with Gasteiger partial charge in [-0.25, -0.2) is 4.39 Å². The van der Waals surface area contributed by atoms with Crippen molar-refractivity contribution >= 4 is 34.1 Å². The SMILES string of the molecule is O=C(Nc1ccc(Cl)cc1F)c1nn(CCN2CCOCC2)c2ccccc12. The Kier molecular flexibility index (Phi) is 5.57. The molecule has 1 N–H and O–H groups in total. The van der Waals surface area contributed by atoms with Gasteiger partial charge >= 0.3 is 0 Å². The number of hydrogen-bond donors (Lipinski definition) is 1. The molecule has 0 bridgehead atoms. The quantitative estimate of drug-likeness (QED) is 0.710. The number of morpholine rings is 1. The first-order chi connectivity index (χ1) is 13.6. The highest BCUT2D eigenvalue weighted by Crippen LogP contribution is 2.22. The normalized spacial score (nSPS) is 15.1. The second kappa shape index (κ2) is 8.26. The van der Waals surface area contributed by atoms with Crippen LogP contribution in [-0.4, -0.2) is 53.4 Å². The average Bonchev–Trinajstić information content (AvgIpc) is 3.08. The van der Waals surface area contributed by atoms with Crippen molar-refractivity contribution in [2.75, 3.05) is 38.2 Å². The van der Waals surface area contributed by atoms with Gasteiger partial charge in [0, 0.05) is 30.0 Å². The molecule has 1 aromatic heterocycles. The summed E-state index contributed by atoms with van der Waals surface area (Å²) in [5.74, 6) is -1.04. The molecule has 28 heavy (non-hydrogen) atoms. The van der Waals surface area contributed by atoms with Crippen molar-refractivity contribution in [1.29, 1.82) is 0 Å². The van der Waals surface area contributed by atoms with Crippen LogP contribution in [0.2, 0.25) is 5.02 Å². The lowest BCUT2D eigenvalue weighted by Gasteiger charge is -2.26. The number of aromatic nitrogens is 2. The molecule has 0 aliphatic carbocycles. The number of fused-ring (bicyclic) bond motifs is 1. The van der Waals surface area contributed by atoms with Crippen molar-refractivity contribution in [3.05, 3.63) is 59.0 Å². The topological polar surface area (TPSA) is 59.4 Å². The van der Waals surface area contributed by atoms with Gasteiger partial charge in [0.25, 0.3) is 5.91 Å². The third-order valence-corrected chi connectivity index (χ3v) is 5.02. The van der Waals surface area contributed by atoms with Crippen LogP contribution < -0.4 is 5.32 Å². The Labute approximate surface area is 166 Å². The van der Waals surface area contributed by atoms with Gasteiger partial charge in [-0.1, -0.05) is 29.8 Å². The van der Waals surface area contributed by atoms with Crippen LogP contribution in [0.3, 0.4) is 0 Å². The first-order valence-corrected chi connectivity index (χ1v) is 9.51. The summed E-state index contributed by atoms with van der Waals surface area (Å²) in [6, 6.07) is 11.7. The lowest BCUT2D eigenvalue weighted by Crippen LogP contribution is -2.38. The first-order valence-electron chi connectivity index (χ1n) is 9.14. The molecule has 8 heteroatoms. The minimum Gasteiger partial charge on any atom is -0.379 e. The van der Waals surface area contributed by atoms with Crippen LogP contribution in [0, 0.1) is 5.82 Å². The largest absolute Gasteiger partial charge is 0.379 e. The number of para-hydroxylation sites is 1. The number of halogens is 2. The highest BCUT2D eigenvalue weighted by Gasteiger charge is 2.19. The zero-order valence-corrected chi connectivity index (χ0v) is 16.0. The number of anilines is 1. The molecule has 3 aromatic rings. The molecule has 146 valence electrons. The Morgan fingerprint density at radius 2 is 1.96 bits per heavy atom. The Hall–Kier alpha value is -2.48. The van der Waals surface area contributed by atoms with Gasteiger partial charge in [0.05, 0.1) is 31.0 Å². The van der Waals surface area contributed by atoms with Crippen molar-refractivity contribution in [3.63, 3.8) is 0 Å². The zero-order valence-electron chi connectivity index (χ0n) is 15.2. The fourth-order valence-corrected chi connectivity index (χ4v) is 3.46. The van der Waals surface area contributed by atoms with Crippen LogP contribution in [-0.2, 0) is 11.3 Å². The van der Waals surface area contributed by atoms with Gasteiger partial charge in [-0.05, 0) is 24.3 Å². The molecule has 0 radical (unpaired) electrons. The number of benzene rings is 2. The van der Waals surface area contributed by atoms with E-state index in [1.165, 1.54) is 12.1 Å². The highest BCUT2D eigenvalue weighted by molar-refractivity contribution is 6.30. The summed E-state index contributed by atoms with van der Waals surface area (Å²) in [5, 5.41) is 8.11. The Morgan fingerprint density at radius 3 is 2.75 bits per heavy atom. The number of rotatable bonds is 5. The number of hydrogen-bond acceptors (Lipinski definition) is 4. The number of carbonyl (C=O) groups is 1. The van der Waals surface area contributed by atoms with Gasteiger partial charge in [0.2, 0.25) is 0 Å². The summed E-state index contributed by atoms with van der Waals surface area (Å²) in [4.78, 5) is 15.1. The lowest BCUT2D eigenvalue weighted by atomic mass is 10.2. The fraction of sp³-hybridized carbons (Fsp3) is 0.300. The van der Waals surface area contributed by atoms with E-state index in [1.54, 1.807) is 0 Å². The van der Waals surface area contributed by atoms with Crippen molar-refractivity contribution in [2.24, 2.45) is 0 Å². The second-order valence-electron chi connectivity index (χ2n) is 6.62. The predicted molar refractivity (Wildman–Crippen MR) is 106 cm³/mol. The molecule has 0 atom stereocenters. The molecular formula is C20H20ClFN4O2. The van der Waals surface area contributed by atoms with E-state index in [-0.39, 0.29) is 16.4 Å². The Balaban J connectivity index is 1.57. The summed E-state index contributed by atoms with van der Waals surface area (Å²) in [5.41, 5.74) is 1.21. The molecule has 4 rings (SSSR count). The second-order valence-corrected chi connectivity index (χ2v) is 7.06. The van der Waals surface area contributed by atoms with Crippen LogP contribution in [0.5, 0.6) is 0 Å². The van der Waals surface area contributed by atoms with Crippen LogP contribution in [0.15, 0.2) is 42.5 Å². The molecule has 0 saturated carbocycles. The molecule has 1 aliphatic rings. The van der Waals surface area contributed by atoms with E-state index in [0.717, 1.165) is 49.8 Å². The monoisotopic (exact) mass is 402 g/mol. The summed E-state index contributed by atoms with van der Waals surface area (Å²) in [7, 11) is 0. The van der Waals surface area contributed by atoms with Crippen molar-refractivity contribution in [3.8, 4) is 0 Å². The number of nitrogens with zero attached hydrogens (tertiary/aromatic N) is 3. The molecule has 6 nitrogen and oxygen atoms in total. The lowest BCUT2D eigenvalue weighted by molar-refractivity contribution is 0.0361. The zero-order chi connectivity index (χ0) is 19.5. The summed E-state index contributed by atoms with van der Waals surface area (Å²) >= 11 is 5.77. The molecule has 1 aliphatic heterocycles. The Morgan fingerprint density at radius 1 is 1.18 bits per heavy atom. The third kappa shape index (κ3) is 4.01. The molecule has 1 fully saturated rings. The van der Waals surface area contributed by atoms with Crippen LogP contribution in [0.25, 0.3) is 10.9 Å². The van der Waals surface area contributed by atoms with Crippen molar-refractivity contribution in [2.45, 2.75) is 6.54 Å². The molecule has 2 aromatic carbocycles. The maximum atomic E-state index is 14.0. The van der Waals surface area contributed by atoms with Crippen LogP contribution in [0.1, 0.15) is 10.5 Å². The van der Waals surface area contributed by atoms with Crippen molar-refractivity contribution < 1.29 is 13.9 Å². The van der Waals surface area contributed by atoms with Gasteiger partial charge in [-0.2, -0.15) is 5.10 Å². The molecule has 0 spiro atoms. The predicted octanol–water partition coefficient (Wildman–Crippen LogP) is 3.41. The maximum Gasteiger partial charge on any atom is 0.276 e. The highest BCUT2D eigenvalue weighted by atomic mass is 35.5. The van der Waals surface area contributed by atoms with E-state index in [0.29, 0.717) is 6.54 Å². The summed E-state index contributed by atoms with van der Waals surface area (Å²) in [6.45, 7) is 4.73. The van der Waals surface area contributed by atoms with E-state index in [1.807, 2.05) is 28.9 Å². The maximum absolute atomic E-state index is 14.0. The van der Waals surface area contributed by atoms with E-state index < -0.39 is 11.7 Å². The van der Waals surface area contributed by atoms with Crippen molar-refractivity contribution in [1.82, 2.24) is 14.7 Å². The molecule has 0 unspecified atom stereocenters. The molecule has 1 saturated heterocycles. The number of ether oxygens (including phenoxy) is 1. The fourth-order valence-electron chi connectivity index (χ4n) is 3.30. The van der Waals surface area contributed by atoms with Gasteiger partial charge in [0.15, 0.2) is 5.69 Å². The minimum absolute atomic E-state index is 0.0707. The summed E-state index contributed by atoms with van der Waals surface area (Å²) in [6.07, 6.45) is 0. The average molecular weight is 403 g/mol. The molecular weight excluding hydrogens is 383 g/mol. The van der Waals surface area contributed by atoms with Gasteiger partial charge in [-0.15, -0.1) is 0 Å². The molecule has 2 heterocycles. The summed E-state index contributed by atoms with van der Waals surface area (Å²) < 4.78 is 21.2. The van der Waals surface area contributed by atoms with E-state index in [9.17, 15) is 9.18 Å². The van der Waals surface area contributed by atoms with Crippen LogP contribution in [0.4, 0.5) is 10.1 Å². The number of amides is 1. The van der Waals surface area contributed by atoms with Gasteiger partial charge in [0.1, 0.15) is 5.82 Å². The first kappa shape index (κ1) is 18.9. The van der Waals surface area contributed by atoms with E-state index in [4.69, 9.17) is 16.3 Å². The van der Waals surface area contributed by atoms with Gasteiger partial charge < -0.3 is 10.1 Å². The van der Waals surface area contributed by atoms with Gasteiger partial charge in [-0.3, -0.25) is 14.4 Å². The van der Waals surface area contributed by atoms with E-state index in [2.05, 4.69) is 15.3 Å². The standard InChI is InChI=1S/C20H20ClFN4O2/c21-14-5-6-17(16(22)13-14)23-20(27)19-15-3-1-2-4-18(15)26(24-19)8-7-25-9-11-28-12-10-25/h1-6,13H,7-12H2,(H,23,27).